The highest BCUT2D eigenvalue weighted by atomic mass is 19.1. The minimum Gasteiger partial charge on any atom is -0.351 e. The average Bonchev–Trinajstić information content (AvgIpc) is 3.34. The first kappa shape index (κ1) is 17.4. The molecule has 0 bridgehead atoms. The van der Waals surface area contributed by atoms with Crippen molar-refractivity contribution in [3.63, 3.8) is 0 Å². The second-order valence-electron chi connectivity index (χ2n) is 8.06. The summed E-state index contributed by atoms with van der Waals surface area (Å²) in [6.07, 6.45) is 2.72. The van der Waals surface area contributed by atoms with Crippen LogP contribution >= 0.6 is 0 Å². The van der Waals surface area contributed by atoms with E-state index in [2.05, 4.69) is 5.32 Å². The van der Waals surface area contributed by atoms with Gasteiger partial charge in [0.05, 0.1) is 6.04 Å². The molecule has 5 nitrogen and oxygen atoms in total. The molecule has 1 spiro atoms. The van der Waals surface area contributed by atoms with E-state index in [1.165, 1.54) is 12.1 Å². The Bertz CT molecular complexity index is 744. The smallest absolute Gasteiger partial charge is 0.237 e. The molecule has 2 aliphatic heterocycles. The number of nitrogens with zero attached hydrogens (tertiary/aromatic N) is 2. The molecule has 0 aromatic heterocycles. The van der Waals surface area contributed by atoms with Crippen molar-refractivity contribution in [1.82, 2.24) is 15.1 Å². The van der Waals surface area contributed by atoms with Gasteiger partial charge in [0.2, 0.25) is 11.8 Å². The molecular weight excluding hydrogens is 340 g/mol. The van der Waals surface area contributed by atoms with Gasteiger partial charge in [-0.25, -0.2) is 8.78 Å². The minimum atomic E-state index is -0.658. The number of benzene rings is 1. The van der Waals surface area contributed by atoms with Gasteiger partial charge in [0, 0.05) is 49.1 Å². The molecule has 0 radical (unpaired) electrons. The number of halogens is 2. The zero-order chi connectivity index (χ0) is 18.5. The summed E-state index contributed by atoms with van der Waals surface area (Å²) in [6, 6.07) is 3.06. The van der Waals surface area contributed by atoms with E-state index in [1.54, 1.807) is 0 Å². The van der Waals surface area contributed by atoms with Crippen LogP contribution < -0.4 is 5.32 Å². The number of amides is 2. The quantitative estimate of drug-likeness (QED) is 0.883. The highest BCUT2D eigenvalue weighted by Crippen LogP contribution is 2.44. The topological polar surface area (TPSA) is 52.7 Å². The lowest BCUT2D eigenvalue weighted by Gasteiger charge is -2.48. The van der Waals surface area contributed by atoms with E-state index in [4.69, 9.17) is 0 Å². The fraction of sp³-hybridized carbons (Fsp3) is 0.579. The van der Waals surface area contributed by atoms with Gasteiger partial charge in [-0.15, -0.1) is 0 Å². The van der Waals surface area contributed by atoms with E-state index in [0.29, 0.717) is 6.42 Å². The monoisotopic (exact) mass is 363 g/mol. The molecule has 2 amide bonds. The minimum absolute atomic E-state index is 0.00241. The lowest BCUT2D eigenvalue weighted by atomic mass is 9.77. The molecule has 1 aliphatic carbocycles. The van der Waals surface area contributed by atoms with Gasteiger partial charge < -0.3 is 10.2 Å². The lowest BCUT2D eigenvalue weighted by Crippen LogP contribution is -2.59. The van der Waals surface area contributed by atoms with Crippen molar-refractivity contribution in [3.05, 3.63) is 35.4 Å². The van der Waals surface area contributed by atoms with Crippen LogP contribution in [0.4, 0.5) is 8.78 Å². The van der Waals surface area contributed by atoms with Crippen LogP contribution in [0.2, 0.25) is 0 Å². The third kappa shape index (κ3) is 3.20. The average molecular weight is 363 g/mol. The summed E-state index contributed by atoms with van der Waals surface area (Å²) in [7, 11) is 1.91. The maximum atomic E-state index is 13.7. The molecule has 1 N–H and O–H groups in total. The SMILES string of the molecule is CN1CC2(CC1C(=O)NCc1ccc(F)cc1F)CN(C(=O)C1CC1)C2. The summed E-state index contributed by atoms with van der Waals surface area (Å²) >= 11 is 0. The fourth-order valence-corrected chi connectivity index (χ4v) is 4.26. The zero-order valence-corrected chi connectivity index (χ0v) is 14.8. The van der Waals surface area contributed by atoms with Crippen LogP contribution in [0.1, 0.15) is 24.8 Å². The van der Waals surface area contributed by atoms with Gasteiger partial charge >= 0.3 is 0 Å². The number of hydrogen-bond acceptors (Lipinski definition) is 3. The molecule has 3 fully saturated rings. The van der Waals surface area contributed by atoms with E-state index in [9.17, 15) is 18.4 Å². The van der Waals surface area contributed by atoms with Crippen molar-refractivity contribution >= 4 is 11.8 Å². The second kappa shape index (κ2) is 6.30. The summed E-state index contributed by atoms with van der Waals surface area (Å²) in [5, 5.41) is 2.76. The predicted octanol–water partition coefficient (Wildman–Crippen LogP) is 1.52. The number of nitrogens with one attached hydrogen (secondary N) is 1. The lowest BCUT2D eigenvalue weighted by molar-refractivity contribution is -0.144. The van der Waals surface area contributed by atoms with E-state index in [0.717, 1.165) is 38.5 Å². The molecular formula is C19H23F2N3O2. The van der Waals surface area contributed by atoms with Gasteiger partial charge in [-0.1, -0.05) is 6.07 Å². The molecule has 140 valence electrons. The highest BCUT2D eigenvalue weighted by Gasteiger charge is 2.54. The third-order valence-corrected chi connectivity index (χ3v) is 5.80. The Morgan fingerprint density at radius 3 is 2.62 bits per heavy atom. The van der Waals surface area contributed by atoms with E-state index in [-0.39, 0.29) is 41.3 Å². The normalized spacial score (nSPS) is 24.6. The Morgan fingerprint density at radius 1 is 1.23 bits per heavy atom. The van der Waals surface area contributed by atoms with Crippen LogP contribution in [0.5, 0.6) is 0 Å². The molecule has 7 heteroatoms. The molecule has 3 aliphatic rings. The highest BCUT2D eigenvalue weighted by molar-refractivity contribution is 5.83. The molecule has 1 aromatic rings. The largest absolute Gasteiger partial charge is 0.351 e. The molecule has 4 rings (SSSR count). The number of carbonyl (C=O) groups excluding carboxylic acids is 2. The first-order valence-electron chi connectivity index (χ1n) is 9.08. The summed E-state index contributed by atoms with van der Waals surface area (Å²) in [5.41, 5.74) is 0.266. The van der Waals surface area contributed by atoms with Gasteiger partial charge in [0.1, 0.15) is 11.6 Å². The van der Waals surface area contributed by atoms with Crippen LogP contribution in [-0.4, -0.2) is 54.3 Å². The van der Waals surface area contributed by atoms with Crippen LogP contribution in [0.25, 0.3) is 0 Å². The Kier molecular flexibility index (Phi) is 4.22. The van der Waals surface area contributed by atoms with E-state index < -0.39 is 11.6 Å². The van der Waals surface area contributed by atoms with Crippen molar-refractivity contribution in [2.24, 2.45) is 11.3 Å². The number of hydrogen-bond donors (Lipinski definition) is 1. The summed E-state index contributed by atoms with van der Waals surface area (Å²) in [5.74, 6) is -0.950. The van der Waals surface area contributed by atoms with Crippen molar-refractivity contribution in [1.29, 1.82) is 0 Å². The molecule has 2 saturated heterocycles. The standard InChI is InChI=1S/C19H23F2N3O2/c1-23-9-19(10-24(11-19)18(26)12-2-3-12)7-16(23)17(25)22-8-13-4-5-14(20)6-15(13)21/h4-6,12,16H,2-3,7-11H2,1H3,(H,22,25). The number of rotatable bonds is 4. The number of likely N-dealkylation sites (tertiary alicyclic amines) is 2. The Hall–Kier alpha value is -2.02. The van der Waals surface area contributed by atoms with Crippen LogP contribution in [0, 0.1) is 23.0 Å². The predicted molar refractivity (Wildman–Crippen MR) is 91.0 cm³/mol. The van der Waals surface area contributed by atoms with Gasteiger partial charge in [-0.3, -0.25) is 14.5 Å². The Balaban J connectivity index is 1.32. The molecule has 1 saturated carbocycles. The van der Waals surface area contributed by atoms with Gasteiger partial charge in [-0.2, -0.15) is 0 Å². The van der Waals surface area contributed by atoms with Gasteiger partial charge in [-0.05, 0) is 32.4 Å². The summed E-state index contributed by atoms with van der Waals surface area (Å²) in [4.78, 5) is 28.6. The molecule has 1 aromatic carbocycles. The van der Waals surface area contributed by atoms with E-state index >= 15 is 0 Å². The number of likely N-dealkylation sites (N-methyl/N-ethyl adjacent to an activating group) is 1. The summed E-state index contributed by atoms with van der Waals surface area (Å²) < 4.78 is 26.6. The van der Waals surface area contributed by atoms with Crippen LogP contribution in [0.15, 0.2) is 18.2 Å². The molecule has 2 heterocycles. The Labute approximate surface area is 151 Å². The maximum absolute atomic E-state index is 13.7. The zero-order valence-electron chi connectivity index (χ0n) is 14.8. The van der Waals surface area contributed by atoms with Gasteiger partial charge in [0.25, 0.3) is 0 Å². The number of carbonyl (C=O) groups is 2. The summed E-state index contributed by atoms with van der Waals surface area (Å²) in [6.45, 7) is 2.27. The maximum Gasteiger partial charge on any atom is 0.237 e. The van der Waals surface area contributed by atoms with Crippen molar-refractivity contribution in [2.75, 3.05) is 26.7 Å². The van der Waals surface area contributed by atoms with Crippen LogP contribution in [-0.2, 0) is 16.1 Å². The first-order chi connectivity index (χ1) is 12.4. The van der Waals surface area contributed by atoms with Crippen molar-refractivity contribution in [3.8, 4) is 0 Å². The first-order valence-corrected chi connectivity index (χ1v) is 9.08. The molecule has 1 atom stereocenters. The molecule has 26 heavy (non-hydrogen) atoms. The fourth-order valence-electron chi connectivity index (χ4n) is 4.26. The van der Waals surface area contributed by atoms with Crippen molar-refractivity contribution < 1.29 is 18.4 Å². The van der Waals surface area contributed by atoms with Gasteiger partial charge in [0.15, 0.2) is 0 Å². The van der Waals surface area contributed by atoms with Crippen LogP contribution in [0.3, 0.4) is 0 Å². The Morgan fingerprint density at radius 2 is 1.96 bits per heavy atom. The second-order valence-corrected chi connectivity index (χ2v) is 8.06. The molecule has 1 unspecified atom stereocenters. The van der Waals surface area contributed by atoms with E-state index in [1.807, 2.05) is 16.8 Å². The third-order valence-electron chi connectivity index (χ3n) is 5.80. The van der Waals surface area contributed by atoms with Crippen molar-refractivity contribution in [2.45, 2.75) is 31.8 Å².